The van der Waals surface area contributed by atoms with Gasteiger partial charge in [-0.05, 0) is 62.3 Å². The maximum Gasteiger partial charge on any atom is 0.256 e. The van der Waals surface area contributed by atoms with Gasteiger partial charge < -0.3 is 40.3 Å². The smallest absolute Gasteiger partial charge is 0.256 e. The summed E-state index contributed by atoms with van der Waals surface area (Å²) in [4.78, 5) is 70.7. The Bertz CT molecular complexity index is 1610. The maximum absolute atomic E-state index is 14.1. The minimum absolute atomic E-state index is 0.0144. The van der Waals surface area contributed by atoms with Crippen molar-refractivity contribution in [3.63, 3.8) is 0 Å². The lowest BCUT2D eigenvalue weighted by Crippen LogP contribution is -2.56. The molecule has 1 aromatic carbocycles. The van der Waals surface area contributed by atoms with E-state index >= 15 is 0 Å². The van der Waals surface area contributed by atoms with Crippen LogP contribution in [-0.2, 0) is 49.9 Å². The van der Waals surface area contributed by atoms with E-state index in [9.17, 15) is 37.5 Å². The minimum atomic E-state index is -3.90. The van der Waals surface area contributed by atoms with E-state index in [2.05, 4.69) is 20.7 Å². The second-order valence-electron chi connectivity index (χ2n) is 15.5. The Morgan fingerprint density at radius 2 is 1.61 bits per heavy atom. The molecule has 1 aromatic rings. The lowest BCUT2D eigenvalue weighted by Gasteiger charge is -2.39. The molecule has 17 heteroatoms. The Balaban J connectivity index is 1.75. The Hall–Kier alpha value is -3.80. The van der Waals surface area contributed by atoms with Crippen LogP contribution in [0.25, 0.3) is 0 Å². The number of ether oxygens (including phenoxy) is 2. The van der Waals surface area contributed by atoms with Crippen LogP contribution in [0.1, 0.15) is 78.7 Å². The molecule has 0 radical (unpaired) electrons. The van der Waals surface area contributed by atoms with Gasteiger partial charge in [0.1, 0.15) is 11.8 Å². The number of carbonyl (C=O) groups is 5. The predicted molar refractivity (Wildman–Crippen MR) is 211 cm³/mol. The number of amides is 5. The molecule has 16 nitrogen and oxygen atoms in total. The molecule has 5 N–H and O–H groups in total. The van der Waals surface area contributed by atoms with Crippen LogP contribution in [-0.4, -0.2) is 136 Å². The van der Waals surface area contributed by atoms with E-state index in [1.165, 1.54) is 26.4 Å². The number of aromatic hydroxyl groups is 1. The normalized spacial score (nSPS) is 19.6. The monoisotopic (exact) mass is 808 g/mol. The largest absolute Gasteiger partial charge is 0.508 e. The summed E-state index contributed by atoms with van der Waals surface area (Å²) < 4.78 is 39.2. The number of likely N-dealkylation sites (tertiary alicyclic amines) is 1. The fraction of sp³-hybridized carbons (Fsp3) is 0.718. The average Bonchev–Trinajstić information content (AvgIpc) is 3.92. The summed E-state index contributed by atoms with van der Waals surface area (Å²) in [6.45, 7) is 9.63. The summed E-state index contributed by atoms with van der Waals surface area (Å²) in [5.41, 5.74) is 0.588. The van der Waals surface area contributed by atoms with Gasteiger partial charge in [0, 0.05) is 34.2 Å². The first-order chi connectivity index (χ1) is 26.4. The highest BCUT2D eigenvalue weighted by molar-refractivity contribution is 7.90. The van der Waals surface area contributed by atoms with Crippen LogP contribution < -0.4 is 20.7 Å². The number of likely N-dealkylation sites (N-methyl/N-ethyl adjacent to an activating group) is 2. The number of methoxy groups -OCH3 is 2. The molecule has 1 unspecified atom stereocenters. The topological polar surface area (TPSA) is 213 Å². The molecule has 0 bridgehead atoms. The van der Waals surface area contributed by atoms with Crippen molar-refractivity contribution < 1.29 is 47.0 Å². The van der Waals surface area contributed by atoms with Gasteiger partial charge in [0.25, 0.3) is 5.91 Å². The van der Waals surface area contributed by atoms with E-state index in [-0.39, 0.29) is 54.7 Å². The van der Waals surface area contributed by atoms with Crippen LogP contribution in [0.2, 0.25) is 0 Å². The first-order valence-corrected chi connectivity index (χ1v) is 21.1. The molecule has 5 amide bonds. The van der Waals surface area contributed by atoms with Gasteiger partial charge in [0.15, 0.2) is 0 Å². The Morgan fingerprint density at radius 3 is 2.14 bits per heavy atom. The van der Waals surface area contributed by atoms with Crippen LogP contribution in [0.15, 0.2) is 24.3 Å². The average molecular weight is 809 g/mol. The highest BCUT2D eigenvalue weighted by Crippen LogP contribution is 2.30. The fourth-order valence-electron chi connectivity index (χ4n) is 7.54. The van der Waals surface area contributed by atoms with Gasteiger partial charge in [-0.3, -0.25) is 28.7 Å². The van der Waals surface area contributed by atoms with Gasteiger partial charge in [0.05, 0.1) is 54.5 Å². The zero-order valence-corrected chi connectivity index (χ0v) is 35.2. The molecule has 1 aliphatic carbocycles. The molecule has 0 spiro atoms. The zero-order valence-electron chi connectivity index (χ0n) is 34.4. The van der Waals surface area contributed by atoms with Crippen LogP contribution in [0.3, 0.4) is 0 Å². The van der Waals surface area contributed by atoms with E-state index in [0.717, 1.165) is 0 Å². The fourth-order valence-corrected chi connectivity index (χ4v) is 8.89. The van der Waals surface area contributed by atoms with Gasteiger partial charge in [-0.2, -0.15) is 0 Å². The molecule has 1 aliphatic heterocycles. The number of benzene rings is 1. The summed E-state index contributed by atoms with van der Waals surface area (Å²) in [7, 11) is 2.40. The second-order valence-corrected chi connectivity index (χ2v) is 17.5. The molecule has 3 rings (SSSR count). The molecule has 2 fully saturated rings. The third kappa shape index (κ3) is 12.3. The van der Waals surface area contributed by atoms with Crippen molar-refractivity contribution in [2.45, 2.75) is 121 Å². The maximum atomic E-state index is 14.1. The van der Waals surface area contributed by atoms with E-state index in [1.54, 1.807) is 43.0 Å². The highest BCUT2D eigenvalue weighted by atomic mass is 32.2. The van der Waals surface area contributed by atoms with Crippen LogP contribution in [0.5, 0.6) is 5.75 Å². The SMILES string of the molecule is CC[C@H](C)[C@@H]([C@@H](CC(=O)N1CCC[C@H]1[C@H](OC)[C@@H](C)C(=O)N[C@@H](Cc1ccc(O)cc1)C(=O)NS(=O)(=O)C1CC1)OC)N(C)C(=O)CNC(=O)C(NC)C(C)C. The number of hydrogen-bond acceptors (Lipinski definition) is 11. The van der Waals surface area contributed by atoms with Gasteiger partial charge in [-0.25, -0.2) is 8.42 Å². The van der Waals surface area contributed by atoms with Crippen molar-refractivity contribution in [1.82, 2.24) is 30.5 Å². The van der Waals surface area contributed by atoms with Crippen molar-refractivity contribution >= 4 is 39.6 Å². The van der Waals surface area contributed by atoms with E-state index in [1.807, 2.05) is 27.7 Å². The number of nitrogens with one attached hydrogen (secondary N) is 4. The number of rotatable bonds is 22. The molecule has 8 atom stereocenters. The Morgan fingerprint density at radius 1 is 0.964 bits per heavy atom. The summed E-state index contributed by atoms with van der Waals surface area (Å²) in [5.74, 6) is -3.17. The number of nitrogens with zero attached hydrogens (tertiary/aromatic N) is 2. The third-order valence-electron chi connectivity index (χ3n) is 11.2. The predicted octanol–water partition coefficient (Wildman–Crippen LogP) is 1.31. The molecule has 0 aromatic heterocycles. The van der Waals surface area contributed by atoms with Crippen molar-refractivity contribution in [2.75, 3.05) is 41.4 Å². The summed E-state index contributed by atoms with van der Waals surface area (Å²) in [6, 6.07) is 3.33. The van der Waals surface area contributed by atoms with E-state index in [0.29, 0.717) is 44.2 Å². The number of carbonyl (C=O) groups excluding carboxylic acids is 5. The molecule has 2 aliphatic rings. The van der Waals surface area contributed by atoms with Gasteiger partial charge in [-0.1, -0.05) is 53.2 Å². The summed E-state index contributed by atoms with van der Waals surface area (Å²) in [6.07, 6.45) is 1.26. The number of hydrogen-bond donors (Lipinski definition) is 5. The Labute approximate surface area is 332 Å². The zero-order chi connectivity index (χ0) is 41.9. The van der Waals surface area contributed by atoms with Crippen molar-refractivity contribution in [3.8, 4) is 5.75 Å². The number of phenolic OH excluding ortho intramolecular Hbond substituents is 1. The van der Waals surface area contributed by atoms with E-state index in [4.69, 9.17) is 9.47 Å². The second kappa shape index (κ2) is 21.1. The number of phenols is 1. The minimum Gasteiger partial charge on any atom is -0.508 e. The molecule has 1 heterocycles. The molecular formula is C39H64N6O10S. The van der Waals surface area contributed by atoms with Gasteiger partial charge >= 0.3 is 0 Å². The lowest BCUT2D eigenvalue weighted by molar-refractivity contribution is -0.146. The third-order valence-corrected chi connectivity index (χ3v) is 13.0. The van der Waals surface area contributed by atoms with Crippen LogP contribution in [0.4, 0.5) is 0 Å². The summed E-state index contributed by atoms with van der Waals surface area (Å²) in [5, 5.41) is 17.5. The van der Waals surface area contributed by atoms with Crippen molar-refractivity contribution in [1.29, 1.82) is 0 Å². The van der Waals surface area contributed by atoms with Crippen molar-refractivity contribution in [2.24, 2.45) is 17.8 Å². The standard InChI is InChI=1S/C39H64N6O10S/c1-10-24(4)35(44(7)33(48)22-41-39(51)34(40-6)23(2)3)31(54-8)21-32(47)45-19-11-12-30(45)36(55-9)25(5)37(49)42-29(20-26-13-15-27(46)16-14-26)38(50)43-56(52,53)28-17-18-28/h13-16,23-25,28-31,34-36,40,46H,10-12,17-22H2,1-9H3,(H,41,51)(H,42,49)(H,43,50)/t24-,25+,29-,30-,31+,34?,35-,36+/m0/s1. The van der Waals surface area contributed by atoms with Crippen LogP contribution in [0, 0.1) is 17.8 Å². The van der Waals surface area contributed by atoms with E-state index < -0.39 is 69.4 Å². The first kappa shape index (κ1) is 46.6. The van der Waals surface area contributed by atoms with Crippen molar-refractivity contribution in [3.05, 3.63) is 29.8 Å². The van der Waals surface area contributed by atoms with Gasteiger partial charge in [-0.15, -0.1) is 0 Å². The molecule has 56 heavy (non-hydrogen) atoms. The Kier molecular flexibility index (Phi) is 17.6. The van der Waals surface area contributed by atoms with Gasteiger partial charge in [0.2, 0.25) is 33.7 Å². The summed E-state index contributed by atoms with van der Waals surface area (Å²) >= 11 is 0. The quantitative estimate of drug-likeness (QED) is 0.113. The molecule has 316 valence electrons. The molecule has 1 saturated carbocycles. The molecule has 1 saturated heterocycles. The molecular weight excluding hydrogens is 745 g/mol. The highest BCUT2D eigenvalue weighted by Gasteiger charge is 2.43. The first-order valence-electron chi connectivity index (χ1n) is 19.6. The lowest BCUT2D eigenvalue weighted by atomic mass is 9.90. The van der Waals surface area contributed by atoms with Crippen LogP contribution >= 0.6 is 0 Å². The number of sulfonamides is 1.